The number of anilines is 1. The molecule has 0 aliphatic rings. The van der Waals surface area contributed by atoms with Gasteiger partial charge in [-0.25, -0.2) is 0 Å². The zero-order chi connectivity index (χ0) is 18.5. The van der Waals surface area contributed by atoms with Crippen molar-refractivity contribution in [1.82, 2.24) is 5.32 Å². The fourth-order valence-electron chi connectivity index (χ4n) is 2.59. The zero-order valence-corrected chi connectivity index (χ0v) is 14.7. The quantitative estimate of drug-likeness (QED) is 0.523. The first-order valence-electron chi connectivity index (χ1n) is 8.32. The number of ketones is 1. The molecule has 3 rings (SSSR count). The van der Waals surface area contributed by atoms with E-state index in [0.717, 1.165) is 16.8 Å². The Morgan fingerprint density at radius 1 is 0.962 bits per heavy atom. The predicted molar refractivity (Wildman–Crippen MR) is 100 cm³/mol. The fraction of sp³-hybridized carbons (Fsp3) is 0.143. The molecule has 0 saturated heterocycles. The summed E-state index contributed by atoms with van der Waals surface area (Å²) >= 11 is 0. The third-order valence-corrected chi connectivity index (χ3v) is 4.03. The van der Waals surface area contributed by atoms with E-state index in [-0.39, 0.29) is 11.5 Å². The van der Waals surface area contributed by atoms with Crippen molar-refractivity contribution >= 4 is 17.4 Å². The van der Waals surface area contributed by atoms with Crippen molar-refractivity contribution in [3.63, 3.8) is 0 Å². The minimum Gasteiger partial charge on any atom is -0.459 e. The highest BCUT2D eigenvalue weighted by molar-refractivity contribution is 6.04. The Kier molecular flexibility index (Phi) is 5.17. The summed E-state index contributed by atoms with van der Waals surface area (Å²) in [5.74, 6) is -0.535. The fourth-order valence-corrected chi connectivity index (χ4v) is 2.59. The van der Waals surface area contributed by atoms with E-state index < -0.39 is 12.1 Å². The van der Waals surface area contributed by atoms with Crippen LogP contribution in [-0.2, 0) is 0 Å². The Bertz CT molecular complexity index is 902. The monoisotopic (exact) mass is 348 g/mol. The van der Waals surface area contributed by atoms with Gasteiger partial charge in [-0.05, 0) is 43.2 Å². The number of Topliss-reactive ketones (excluding diaryl/α,β-unsaturated/α-hetero) is 1. The molecule has 2 N–H and O–H groups in total. The molecular weight excluding hydrogens is 328 g/mol. The van der Waals surface area contributed by atoms with Gasteiger partial charge in [0.25, 0.3) is 5.91 Å². The molecule has 0 radical (unpaired) electrons. The van der Waals surface area contributed by atoms with Gasteiger partial charge >= 0.3 is 0 Å². The zero-order valence-electron chi connectivity index (χ0n) is 14.7. The molecule has 3 aromatic rings. The molecule has 1 heterocycles. The highest BCUT2D eigenvalue weighted by Gasteiger charge is 2.24. The maximum Gasteiger partial charge on any atom is 0.288 e. The smallest absolute Gasteiger partial charge is 0.288 e. The molecule has 0 aliphatic carbocycles. The van der Waals surface area contributed by atoms with Crippen LogP contribution in [-0.4, -0.2) is 17.9 Å². The summed E-state index contributed by atoms with van der Waals surface area (Å²) in [5.41, 5.74) is 3.34. The van der Waals surface area contributed by atoms with Crippen LogP contribution in [0.3, 0.4) is 0 Å². The summed E-state index contributed by atoms with van der Waals surface area (Å²) in [6.45, 7) is 3.92. The molecule has 26 heavy (non-hydrogen) atoms. The summed E-state index contributed by atoms with van der Waals surface area (Å²) in [5, 5.41) is 5.88. The van der Waals surface area contributed by atoms with Gasteiger partial charge in [0.2, 0.25) is 5.78 Å². The summed E-state index contributed by atoms with van der Waals surface area (Å²) in [7, 11) is 0. The van der Waals surface area contributed by atoms with Crippen molar-refractivity contribution in [2.75, 3.05) is 5.32 Å². The van der Waals surface area contributed by atoms with E-state index in [1.807, 2.05) is 38.1 Å². The number of carbonyl (C=O) groups excluding carboxylic acids is 2. The van der Waals surface area contributed by atoms with Crippen molar-refractivity contribution in [2.45, 2.75) is 20.0 Å². The first-order chi connectivity index (χ1) is 12.5. The van der Waals surface area contributed by atoms with E-state index in [4.69, 9.17) is 4.42 Å². The Balaban J connectivity index is 1.89. The Hall–Kier alpha value is -3.34. The summed E-state index contributed by atoms with van der Waals surface area (Å²) in [6.07, 6.45) is 0.497. The number of hydrogen-bond acceptors (Lipinski definition) is 4. The van der Waals surface area contributed by atoms with Gasteiger partial charge in [-0.1, -0.05) is 42.5 Å². The van der Waals surface area contributed by atoms with Crippen LogP contribution < -0.4 is 10.6 Å². The van der Waals surface area contributed by atoms with Gasteiger partial charge in [-0.3, -0.25) is 9.59 Å². The van der Waals surface area contributed by atoms with Crippen molar-refractivity contribution in [1.29, 1.82) is 0 Å². The molecular formula is C21H20N2O3. The molecule has 1 aromatic heterocycles. The largest absolute Gasteiger partial charge is 0.459 e. The molecule has 1 amide bonds. The number of carbonyl (C=O) groups is 2. The number of benzene rings is 2. The van der Waals surface area contributed by atoms with Gasteiger partial charge in [-0.15, -0.1) is 0 Å². The number of rotatable bonds is 6. The highest BCUT2D eigenvalue weighted by atomic mass is 16.3. The van der Waals surface area contributed by atoms with Crippen LogP contribution in [0.5, 0.6) is 0 Å². The van der Waals surface area contributed by atoms with E-state index in [2.05, 4.69) is 10.6 Å². The summed E-state index contributed by atoms with van der Waals surface area (Å²) in [6, 6.07) is 17.9. The Labute approximate surface area is 152 Å². The van der Waals surface area contributed by atoms with Crippen LogP contribution in [0.4, 0.5) is 5.69 Å². The summed E-state index contributed by atoms with van der Waals surface area (Å²) in [4.78, 5) is 25.3. The first kappa shape index (κ1) is 17.5. The maximum absolute atomic E-state index is 12.9. The second kappa shape index (κ2) is 7.70. The Morgan fingerprint density at radius 2 is 1.73 bits per heavy atom. The Morgan fingerprint density at radius 3 is 2.42 bits per heavy atom. The van der Waals surface area contributed by atoms with Crippen LogP contribution in [0.15, 0.2) is 71.3 Å². The van der Waals surface area contributed by atoms with E-state index in [9.17, 15) is 9.59 Å². The van der Waals surface area contributed by atoms with Gasteiger partial charge in [0.1, 0.15) is 0 Å². The van der Waals surface area contributed by atoms with Gasteiger partial charge in [-0.2, -0.15) is 0 Å². The molecule has 2 aromatic carbocycles. The minimum atomic E-state index is -0.921. The summed E-state index contributed by atoms with van der Waals surface area (Å²) < 4.78 is 5.12. The first-order valence-corrected chi connectivity index (χ1v) is 8.32. The minimum absolute atomic E-state index is 0.152. The molecule has 1 atom stereocenters. The van der Waals surface area contributed by atoms with Crippen LogP contribution in [0.1, 0.15) is 32.0 Å². The lowest BCUT2D eigenvalue weighted by Gasteiger charge is -2.21. The number of hydrogen-bond donors (Lipinski definition) is 2. The van der Waals surface area contributed by atoms with E-state index in [1.54, 1.807) is 36.4 Å². The van der Waals surface area contributed by atoms with Gasteiger partial charge in [0.15, 0.2) is 11.9 Å². The predicted octanol–water partition coefficient (Wildman–Crippen LogP) is 3.95. The SMILES string of the molecule is Cc1ccc(C)c(NC(NC(=O)c2ccco2)C(=O)c2ccccc2)c1. The molecule has 0 bridgehead atoms. The average Bonchev–Trinajstić information content (AvgIpc) is 3.19. The van der Waals surface area contributed by atoms with Crippen LogP contribution in [0, 0.1) is 13.8 Å². The topological polar surface area (TPSA) is 71.3 Å². The molecule has 132 valence electrons. The molecule has 5 heteroatoms. The van der Waals surface area contributed by atoms with E-state index >= 15 is 0 Å². The molecule has 1 unspecified atom stereocenters. The number of furan rings is 1. The van der Waals surface area contributed by atoms with Crippen molar-refractivity contribution < 1.29 is 14.0 Å². The number of amides is 1. The highest BCUT2D eigenvalue weighted by Crippen LogP contribution is 2.18. The molecule has 5 nitrogen and oxygen atoms in total. The third-order valence-electron chi connectivity index (χ3n) is 4.03. The van der Waals surface area contributed by atoms with E-state index in [0.29, 0.717) is 5.56 Å². The normalized spacial score (nSPS) is 11.6. The van der Waals surface area contributed by atoms with Crippen LogP contribution >= 0.6 is 0 Å². The molecule has 0 spiro atoms. The maximum atomic E-state index is 12.9. The standard InChI is InChI=1S/C21H20N2O3/c1-14-10-11-15(2)17(13-14)22-20(19(24)16-7-4-3-5-8-16)23-21(25)18-9-6-12-26-18/h3-13,20,22H,1-2H3,(H,23,25). The lowest BCUT2D eigenvalue weighted by molar-refractivity contribution is 0.0852. The van der Waals surface area contributed by atoms with Gasteiger partial charge in [0, 0.05) is 11.3 Å². The van der Waals surface area contributed by atoms with Gasteiger partial charge in [0.05, 0.1) is 6.26 Å². The van der Waals surface area contributed by atoms with Crippen molar-refractivity contribution in [3.8, 4) is 0 Å². The molecule has 0 fully saturated rings. The van der Waals surface area contributed by atoms with Crippen LogP contribution in [0.25, 0.3) is 0 Å². The van der Waals surface area contributed by atoms with Gasteiger partial charge < -0.3 is 15.1 Å². The second-order valence-corrected chi connectivity index (χ2v) is 6.08. The average molecular weight is 348 g/mol. The lowest BCUT2D eigenvalue weighted by Crippen LogP contribution is -2.46. The second-order valence-electron chi connectivity index (χ2n) is 6.08. The lowest BCUT2D eigenvalue weighted by atomic mass is 10.1. The molecule has 0 saturated carbocycles. The third kappa shape index (κ3) is 4.00. The van der Waals surface area contributed by atoms with E-state index in [1.165, 1.54) is 6.26 Å². The van der Waals surface area contributed by atoms with Crippen molar-refractivity contribution in [2.24, 2.45) is 0 Å². The number of aryl methyl sites for hydroxylation is 2. The van der Waals surface area contributed by atoms with Crippen molar-refractivity contribution in [3.05, 3.63) is 89.4 Å². The number of nitrogens with one attached hydrogen (secondary N) is 2. The molecule has 0 aliphatic heterocycles. The van der Waals surface area contributed by atoms with Crippen LogP contribution in [0.2, 0.25) is 0 Å².